The molecule has 3 nitrogen and oxygen atoms in total. The molecule has 0 saturated carbocycles. The molecule has 1 heterocycles. The molecular formula is C21H15F3N2OS2. The van der Waals surface area contributed by atoms with Gasteiger partial charge in [-0.2, -0.15) is 13.2 Å². The van der Waals surface area contributed by atoms with Crippen LogP contribution in [0.2, 0.25) is 0 Å². The monoisotopic (exact) mass is 432 g/mol. The summed E-state index contributed by atoms with van der Waals surface area (Å²) >= 11 is 3.18. The van der Waals surface area contributed by atoms with E-state index in [0.29, 0.717) is 5.56 Å². The molecular weight excluding hydrogens is 417 g/mol. The fourth-order valence-electron chi connectivity index (χ4n) is 2.31. The first-order chi connectivity index (χ1) is 13.9. The van der Waals surface area contributed by atoms with Crippen molar-refractivity contribution in [2.24, 2.45) is 0 Å². The summed E-state index contributed by atoms with van der Waals surface area (Å²) in [5, 5.41) is 4.63. The van der Waals surface area contributed by atoms with Crippen LogP contribution < -0.4 is 5.32 Å². The summed E-state index contributed by atoms with van der Waals surface area (Å²) in [6, 6.07) is 11.9. The maximum atomic E-state index is 12.7. The minimum Gasteiger partial charge on any atom is -0.341 e. The second-order valence-corrected chi connectivity index (χ2v) is 7.62. The van der Waals surface area contributed by atoms with E-state index < -0.39 is 11.7 Å². The van der Waals surface area contributed by atoms with Crippen LogP contribution in [-0.4, -0.2) is 17.4 Å². The zero-order valence-electron chi connectivity index (χ0n) is 15.0. The Kier molecular flexibility index (Phi) is 6.96. The molecule has 0 fully saturated rings. The Hall–Kier alpha value is -2.76. The molecule has 0 bridgehead atoms. The lowest BCUT2D eigenvalue weighted by Gasteiger charge is -2.06. The molecule has 0 aliphatic rings. The van der Waals surface area contributed by atoms with Crippen molar-refractivity contribution in [2.75, 3.05) is 6.54 Å². The molecule has 1 N–H and O–H groups in total. The van der Waals surface area contributed by atoms with E-state index in [2.05, 4.69) is 22.1 Å². The van der Waals surface area contributed by atoms with Gasteiger partial charge in [0.25, 0.3) is 5.91 Å². The van der Waals surface area contributed by atoms with Crippen LogP contribution >= 0.6 is 23.1 Å². The molecule has 0 aliphatic carbocycles. The summed E-state index contributed by atoms with van der Waals surface area (Å²) in [7, 11) is 0. The van der Waals surface area contributed by atoms with E-state index in [1.165, 1.54) is 12.1 Å². The zero-order valence-corrected chi connectivity index (χ0v) is 16.6. The summed E-state index contributed by atoms with van der Waals surface area (Å²) in [5.41, 5.74) is 2.79. The highest BCUT2D eigenvalue weighted by atomic mass is 32.2. The topological polar surface area (TPSA) is 42.0 Å². The van der Waals surface area contributed by atoms with Crippen LogP contribution in [0.5, 0.6) is 0 Å². The Morgan fingerprint density at radius 3 is 2.66 bits per heavy atom. The minimum absolute atomic E-state index is 0.0371. The number of carbonyl (C=O) groups is 1. The number of aromatic nitrogens is 1. The van der Waals surface area contributed by atoms with Crippen LogP contribution in [0.4, 0.5) is 13.2 Å². The van der Waals surface area contributed by atoms with Gasteiger partial charge in [-0.15, -0.1) is 23.1 Å². The largest absolute Gasteiger partial charge is 0.416 e. The number of carbonyl (C=O) groups excluding carboxylic acids is 1. The number of rotatable bonds is 5. The van der Waals surface area contributed by atoms with Crippen molar-refractivity contribution >= 4 is 29.0 Å². The van der Waals surface area contributed by atoms with E-state index in [-0.39, 0.29) is 18.0 Å². The number of halogens is 3. The highest BCUT2D eigenvalue weighted by molar-refractivity contribution is 7.98. The van der Waals surface area contributed by atoms with Gasteiger partial charge >= 0.3 is 6.18 Å². The number of thiazole rings is 1. The second-order valence-electron chi connectivity index (χ2n) is 5.86. The van der Waals surface area contributed by atoms with Gasteiger partial charge in [-0.3, -0.25) is 4.79 Å². The van der Waals surface area contributed by atoms with Crippen LogP contribution in [-0.2, 0) is 11.9 Å². The summed E-state index contributed by atoms with van der Waals surface area (Å²) in [5.74, 6) is 5.77. The summed E-state index contributed by atoms with van der Waals surface area (Å²) in [4.78, 5) is 17.4. The quantitative estimate of drug-likeness (QED) is 0.443. The van der Waals surface area contributed by atoms with Crippen LogP contribution in [0.25, 0.3) is 0 Å². The van der Waals surface area contributed by atoms with Gasteiger partial charge < -0.3 is 5.32 Å². The van der Waals surface area contributed by atoms with Gasteiger partial charge in [0.2, 0.25) is 0 Å². The fourth-order valence-corrected chi connectivity index (χ4v) is 3.78. The van der Waals surface area contributed by atoms with Gasteiger partial charge in [-0.25, -0.2) is 4.98 Å². The normalized spacial score (nSPS) is 10.9. The van der Waals surface area contributed by atoms with Gasteiger partial charge in [-0.05, 0) is 42.5 Å². The van der Waals surface area contributed by atoms with Gasteiger partial charge in [0.1, 0.15) is 0 Å². The third-order valence-electron chi connectivity index (χ3n) is 3.75. The number of alkyl halides is 3. The average Bonchev–Trinajstić information content (AvgIpc) is 3.23. The van der Waals surface area contributed by atoms with Crippen molar-refractivity contribution < 1.29 is 18.0 Å². The maximum Gasteiger partial charge on any atom is 0.416 e. The van der Waals surface area contributed by atoms with Crippen LogP contribution in [0.3, 0.4) is 0 Å². The molecule has 0 unspecified atom stereocenters. The number of amides is 1. The van der Waals surface area contributed by atoms with Gasteiger partial charge in [0.15, 0.2) is 0 Å². The van der Waals surface area contributed by atoms with Crippen molar-refractivity contribution in [1.82, 2.24) is 10.3 Å². The molecule has 3 aromatic rings. The smallest absolute Gasteiger partial charge is 0.341 e. The lowest BCUT2D eigenvalue weighted by Crippen LogP contribution is -2.23. The Balaban J connectivity index is 1.50. The van der Waals surface area contributed by atoms with Crippen molar-refractivity contribution in [3.63, 3.8) is 0 Å². The Labute approximate surface area is 174 Å². The first-order valence-corrected chi connectivity index (χ1v) is 10.4. The predicted molar refractivity (Wildman–Crippen MR) is 109 cm³/mol. The molecule has 0 saturated heterocycles. The molecule has 2 aromatic carbocycles. The highest BCUT2D eigenvalue weighted by Gasteiger charge is 2.30. The second kappa shape index (κ2) is 9.63. The molecule has 148 valence electrons. The van der Waals surface area contributed by atoms with Gasteiger partial charge in [0.05, 0.1) is 23.3 Å². The highest BCUT2D eigenvalue weighted by Crippen LogP contribution is 2.29. The number of thioether (sulfide) groups is 1. The van der Waals surface area contributed by atoms with E-state index in [1.807, 2.05) is 17.5 Å². The van der Waals surface area contributed by atoms with Crippen molar-refractivity contribution in [3.8, 4) is 11.8 Å². The standard InChI is InChI=1S/C21H15F3N2OS2/c22-21(23,24)17-5-1-3-15(11-17)4-2-10-25-20(27)16-6-8-19(9-7-16)29-13-18-12-28-14-26-18/h1,3,5-9,11-12,14H,10,13H2,(H,25,27). The summed E-state index contributed by atoms with van der Waals surface area (Å²) in [6.45, 7) is 0.0371. The summed E-state index contributed by atoms with van der Waals surface area (Å²) in [6.07, 6.45) is -4.41. The van der Waals surface area contributed by atoms with Gasteiger partial charge in [-0.1, -0.05) is 17.9 Å². The summed E-state index contributed by atoms with van der Waals surface area (Å²) < 4.78 is 38.1. The first-order valence-electron chi connectivity index (χ1n) is 8.46. The molecule has 0 radical (unpaired) electrons. The number of hydrogen-bond donors (Lipinski definition) is 1. The molecule has 0 aliphatic heterocycles. The Bertz CT molecular complexity index is 1020. The fraction of sp³-hybridized carbons (Fsp3) is 0.143. The SMILES string of the molecule is O=C(NCC#Cc1cccc(C(F)(F)F)c1)c1ccc(SCc2cscn2)cc1. The van der Waals surface area contributed by atoms with E-state index in [4.69, 9.17) is 0 Å². The van der Waals surface area contributed by atoms with E-state index >= 15 is 0 Å². The van der Waals surface area contributed by atoms with Gasteiger partial charge in [0, 0.05) is 27.2 Å². The number of nitrogens with zero attached hydrogens (tertiary/aromatic N) is 1. The molecule has 8 heteroatoms. The lowest BCUT2D eigenvalue weighted by atomic mass is 10.1. The lowest BCUT2D eigenvalue weighted by molar-refractivity contribution is -0.137. The van der Waals surface area contributed by atoms with Crippen LogP contribution in [0.1, 0.15) is 27.2 Å². The first kappa shape index (κ1) is 21.0. The molecule has 29 heavy (non-hydrogen) atoms. The Morgan fingerprint density at radius 2 is 1.97 bits per heavy atom. The zero-order chi connectivity index (χ0) is 20.7. The third-order valence-corrected chi connectivity index (χ3v) is 5.43. The van der Waals surface area contributed by atoms with E-state index in [1.54, 1.807) is 40.7 Å². The van der Waals surface area contributed by atoms with Crippen molar-refractivity contribution in [2.45, 2.75) is 16.8 Å². The Morgan fingerprint density at radius 1 is 1.17 bits per heavy atom. The number of nitrogens with one attached hydrogen (secondary N) is 1. The number of hydrogen-bond acceptors (Lipinski definition) is 4. The molecule has 1 aromatic heterocycles. The molecule has 0 atom stereocenters. The number of benzene rings is 2. The average molecular weight is 432 g/mol. The van der Waals surface area contributed by atoms with E-state index in [9.17, 15) is 18.0 Å². The minimum atomic E-state index is -4.41. The van der Waals surface area contributed by atoms with Crippen molar-refractivity contribution in [1.29, 1.82) is 0 Å². The van der Waals surface area contributed by atoms with Crippen molar-refractivity contribution in [3.05, 3.63) is 81.8 Å². The third kappa shape index (κ3) is 6.38. The molecule has 0 spiro atoms. The van der Waals surface area contributed by atoms with E-state index in [0.717, 1.165) is 28.5 Å². The molecule has 3 rings (SSSR count). The van der Waals surface area contributed by atoms with Crippen LogP contribution in [0, 0.1) is 11.8 Å². The maximum absolute atomic E-state index is 12.7. The van der Waals surface area contributed by atoms with Crippen LogP contribution in [0.15, 0.2) is 64.3 Å². The molecule has 1 amide bonds. The predicted octanol–water partition coefficient (Wildman–Crippen LogP) is 5.24.